The molecule has 4 aromatic rings. The van der Waals surface area contributed by atoms with Crippen LogP contribution >= 0.6 is 11.8 Å². The Labute approximate surface area is 197 Å². The van der Waals surface area contributed by atoms with Gasteiger partial charge < -0.3 is 4.52 Å². The predicted molar refractivity (Wildman–Crippen MR) is 128 cm³/mol. The van der Waals surface area contributed by atoms with Crippen LogP contribution in [0.2, 0.25) is 0 Å². The fourth-order valence-corrected chi connectivity index (χ4v) is 5.83. The summed E-state index contributed by atoms with van der Waals surface area (Å²) in [6.07, 6.45) is 0. The monoisotopic (exact) mass is 483 g/mol. The standard InChI is InChI=1S/C23H25N5O3S2/c1-4-27(5-2)33(29,30)21-13-9-10-18(15-21)22-24-25-23(28(22)20-11-7-6-8-12-20)32-16-19-14-17(3)31-26-19/h6-15H,4-5,16H2,1-3H3. The van der Waals surface area contributed by atoms with Crippen LogP contribution in [0.25, 0.3) is 17.1 Å². The van der Waals surface area contributed by atoms with Gasteiger partial charge in [-0.1, -0.05) is 61.1 Å². The van der Waals surface area contributed by atoms with E-state index in [1.54, 1.807) is 18.2 Å². The molecule has 0 N–H and O–H groups in total. The molecule has 0 bridgehead atoms. The van der Waals surface area contributed by atoms with E-state index in [1.807, 2.05) is 67.8 Å². The summed E-state index contributed by atoms with van der Waals surface area (Å²) in [7, 11) is -3.59. The third-order valence-corrected chi connectivity index (χ3v) is 8.12. The third-order valence-electron chi connectivity index (χ3n) is 5.11. The van der Waals surface area contributed by atoms with E-state index in [2.05, 4.69) is 15.4 Å². The largest absolute Gasteiger partial charge is 0.361 e. The Kier molecular flexibility index (Phi) is 6.96. The second-order valence-electron chi connectivity index (χ2n) is 7.31. The van der Waals surface area contributed by atoms with Crippen LogP contribution in [0.3, 0.4) is 0 Å². The third kappa shape index (κ3) is 4.87. The number of nitrogens with zero attached hydrogens (tertiary/aromatic N) is 5. The Morgan fingerprint density at radius 1 is 1.00 bits per heavy atom. The van der Waals surface area contributed by atoms with Crippen molar-refractivity contribution in [2.24, 2.45) is 0 Å². The molecule has 0 saturated carbocycles. The van der Waals surface area contributed by atoms with E-state index in [0.29, 0.717) is 35.4 Å². The van der Waals surface area contributed by atoms with Crippen LogP contribution < -0.4 is 0 Å². The van der Waals surface area contributed by atoms with E-state index in [1.165, 1.54) is 16.1 Å². The molecule has 33 heavy (non-hydrogen) atoms. The normalized spacial score (nSPS) is 11.9. The Morgan fingerprint density at radius 3 is 2.42 bits per heavy atom. The lowest BCUT2D eigenvalue weighted by atomic mass is 10.2. The van der Waals surface area contributed by atoms with E-state index in [0.717, 1.165) is 17.1 Å². The summed E-state index contributed by atoms with van der Waals surface area (Å²) in [5.74, 6) is 1.89. The smallest absolute Gasteiger partial charge is 0.243 e. The summed E-state index contributed by atoms with van der Waals surface area (Å²) in [6, 6.07) is 18.5. The summed E-state index contributed by atoms with van der Waals surface area (Å²) in [5.41, 5.74) is 2.37. The highest BCUT2D eigenvalue weighted by Gasteiger charge is 2.23. The number of aromatic nitrogens is 4. The lowest BCUT2D eigenvalue weighted by Gasteiger charge is -2.18. The molecule has 8 nitrogen and oxygen atoms in total. The molecule has 0 aliphatic heterocycles. The molecule has 0 aliphatic rings. The van der Waals surface area contributed by atoms with E-state index < -0.39 is 10.0 Å². The lowest BCUT2D eigenvalue weighted by Crippen LogP contribution is -2.30. The number of hydrogen-bond acceptors (Lipinski definition) is 7. The summed E-state index contributed by atoms with van der Waals surface area (Å²) < 4.78 is 34.7. The Hall–Kier alpha value is -2.95. The first-order chi connectivity index (χ1) is 15.9. The van der Waals surface area contributed by atoms with Crippen molar-refractivity contribution in [2.75, 3.05) is 13.1 Å². The van der Waals surface area contributed by atoms with E-state index >= 15 is 0 Å². The molecule has 4 rings (SSSR count). The van der Waals surface area contributed by atoms with Crippen LogP contribution in [0.4, 0.5) is 0 Å². The van der Waals surface area contributed by atoms with Crippen molar-refractivity contribution in [2.45, 2.75) is 36.6 Å². The van der Waals surface area contributed by atoms with Gasteiger partial charge in [0, 0.05) is 36.2 Å². The average Bonchev–Trinajstić information content (AvgIpc) is 3.45. The minimum absolute atomic E-state index is 0.235. The highest BCUT2D eigenvalue weighted by atomic mass is 32.2. The van der Waals surface area contributed by atoms with Crippen LogP contribution in [-0.2, 0) is 15.8 Å². The van der Waals surface area contributed by atoms with Gasteiger partial charge in [0.05, 0.1) is 10.6 Å². The number of rotatable bonds is 9. The van der Waals surface area contributed by atoms with Crippen LogP contribution in [0.1, 0.15) is 25.3 Å². The molecule has 172 valence electrons. The molecule has 2 aromatic heterocycles. The molecule has 10 heteroatoms. The zero-order valence-electron chi connectivity index (χ0n) is 18.7. The molecule has 0 saturated heterocycles. The highest BCUT2D eigenvalue weighted by molar-refractivity contribution is 7.98. The molecule has 0 spiro atoms. The predicted octanol–water partition coefficient (Wildman–Crippen LogP) is 4.55. The van der Waals surface area contributed by atoms with Gasteiger partial charge in [-0.05, 0) is 31.2 Å². The van der Waals surface area contributed by atoms with Crippen molar-refractivity contribution in [3.8, 4) is 17.1 Å². The number of hydrogen-bond donors (Lipinski definition) is 0. The molecule has 2 heterocycles. The van der Waals surface area contributed by atoms with Crippen molar-refractivity contribution >= 4 is 21.8 Å². The second kappa shape index (κ2) is 9.90. The van der Waals surface area contributed by atoms with Crippen LogP contribution in [0, 0.1) is 6.92 Å². The number of aryl methyl sites for hydroxylation is 1. The van der Waals surface area contributed by atoms with Gasteiger partial charge in [0.25, 0.3) is 0 Å². The molecule has 0 amide bonds. The maximum absolute atomic E-state index is 13.1. The summed E-state index contributed by atoms with van der Waals surface area (Å²) >= 11 is 1.49. The van der Waals surface area contributed by atoms with E-state index in [9.17, 15) is 8.42 Å². The molecule has 0 unspecified atom stereocenters. The number of sulfonamides is 1. The first-order valence-corrected chi connectivity index (χ1v) is 13.0. The summed E-state index contributed by atoms with van der Waals surface area (Å²) in [4.78, 5) is 0.235. The van der Waals surface area contributed by atoms with Gasteiger partial charge in [0.2, 0.25) is 10.0 Å². The van der Waals surface area contributed by atoms with Gasteiger partial charge in [0.15, 0.2) is 11.0 Å². The SMILES string of the molecule is CCN(CC)S(=O)(=O)c1cccc(-c2nnc(SCc3cc(C)on3)n2-c2ccccc2)c1. The van der Waals surface area contributed by atoms with Crippen LogP contribution in [0.5, 0.6) is 0 Å². The molecule has 0 atom stereocenters. The van der Waals surface area contributed by atoms with Crippen molar-refractivity contribution < 1.29 is 12.9 Å². The first-order valence-electron chi connectivity index (χ1n) is 10.6. The Morgan fingerprint density at radius 2 is 1.76 bits per heavy atom. The van der Waals surface area contributed by atoms with E-state index in [4.69, 9.17) is 4.52 Å². The Bertz CT molecular complexity index is 1330. The molecular formula is C23H25N5O3S2. The van der Waals surface area contributed by atoms with Crippen molar-refractivity contribution in [1.82, 2.24) is 24.2 Å². The van der Waals surface area contributed by atoms with Crippen LogP contribution in [0.15, 0.2) is 75.2 Å². The van der Waals surface area contributed by atoms with Crippen LogP contribution in [-0.4, -0.2) is 45.7 Å². The zero-order valence-corrected chi connectivity index (χ0v) is 20.3. The van der Waals surface area contributed by atoms with Gasteiger partial charge >= 0.3 is 0 Å². The van der Waals surface area contributed by atoms with Gasteiger partial charge in [-0.3, -0.25) is 4.57 Å². The minimum Gasteiger partial charge on any atom is -0.361 e. The number of thioether (sulfide) groups is 1. The minimum atomic E-state index is -3.59. The quantitative estimate of drug-likeness (QED) is 0.322. The van der Waals surface area contributed by atoms with Gasteiger partial charge in [-0.25, -0.2) is 8.42 Å². The molecule has 0 radical (unpaired) electrons. The fourth-order valence-electron chi connectivity index (χ4n) is 3.49. The number of benzene rings is 2. The lowest BCUT2D eigenvalue weighted by molar-refractivity contribution is 0.393. The maximum atomic E-state index is 13.1. The van der Waals surface area contributed by atoms with E-state index in [-0.39, 0.29) is 4.90 Å². The van der Waals surface area contributed by atoms with Crippen molar-refractivity contribution in [3.63, 3.8) is 0 Å². The Balaban J connectivity index is 1.76. The van der Waals surface area contributed by atoms with Gasteiger partial charge in [-0.15, -0.1) is 10.2 Å². The molecular weight excluding hydrogens is 458 g/mol. The molecule has 0 fully saturated rings. The van der Waals surface area contributed by atoms with Gasteiger partial charge in [-0.2, -0.15) is 4.31 Å². The average molecular weight is 484 g/mol. The van der Waals surface area contributed by atoms with Crippen molar-refractivity contribution in [3.05, 3.63) is 72.1 Å². The molecule has 2 aromatic carbocycles. The first kappa shape index (κ1) is 23.2. The van der Waals surface area contributed by atoms with Gasteiger partial charge in [0.1, 0.15) is 5.76 Å². The fraction of sp³-hybridized carbons (Fsp3) is 0.261. The topological polar surface area (TPSA) is 94.1 Å². The number of para-hydroxylation sites is 1. The maximum Gasteiger partial charge on any atom is 0.243 e. The summed E-state index contributed by atoms with van der Waals surface area (Å²) in [5, 5.41) is 13.6. The second-order valence-corrected chi connectivity index (χ2v) is 10.2. The zero-order chi connectivity index (χ0) is 23.4. The summed E-state index contributed by atoms with van der Waals surface area (Å²) in [6.45, 7) is 6.33. The highest BCUT2D eigenvalue weighted by Crippen LogP contribution is 2.31. The van der Waals surface area contributed by atoms with Crippen molar-refractivity contribution in [1.29, 1.82) is 0 Å². The molecule has 0 aliphatic carbocycles.